The van der Waals surface area contributed by atoms with Crippen LogP contribution in [-0.4, -0.2) is 23.0 Å². The minimum atomic E-state index is -0.503. The Balaban J connectivity index is 2.04. The van der Waals surface area contributed by atoms with Gasteiger partial charge in [-0.1, -0.05) is 30.3 Å². The maximum absolute atomic E-state index is 11.8. The fourth-order valence-corrected chi connectivity index (χ4v) is 1.42. The number of nitrogens with zero attached hydrogens (tertiary/aromatic N) is 2. The summed E-state index contributed by atoms with van der Waals surface area (Å²) in [6, 6.07) is 9.43. The molecule has 1 aromatic carbocycles. The maximum atomic E-state index is 11.8. The lowest BCUT2D eigenvalue weighted by atomic mass is 10.2. The fraction of sp³-hybridized carbons (Fsp3) is 0.154. The minimum Gasteiger partial charge on any atom is -0.480 e. The molecule has 2 aromatic rings. The first-order valence-electron chi connectivity index (χ1n) is 5.36. The molecule has 0 aliphatic rings. The minimum absolute atomic E-state index is 0.206. The highest BCUT2D eigenvalue weighted by molar-refractivity contribution is 5.91. The largest absolute Gasteiger partial charge is 0.480 e. The van der Waals surface area contributed by atoms with Crippen molar-refractivity contribution in [2.45, 2.75) is 6.61 Å². The second-order valence-electron chi connectivity index (χ2n) is 3.51. The Morgan fingerprint density at radius 1 is 1.28 bits per heavy atom. The monoisotopic (exact) mass is 244 g/mol. The lowest BCUT2D eigenvalue weighted by Crippen LogP contribution is -2.08. The zero-order chi connectivity index (χ0) is 12.8. The summed E-state index contributed by atoms with van der Waals surface area (Å²) in [5.74, 6) is -0.292. The fourth-order valence-electron chi connectivity index (χ4n) is 1.42. The Hall–Kier alpha value is -2.43. The van der Waals surface area contributed by atoms with Crippen molar-refractivity contribution in [3.05, 3.63) is 54.0 Å². The van der Waals surface area contributed by atoms with Gasteiger partial charge in [0, 0.05) is 6.20 Å². The molecule has 1 aromatic heterocycles. The van der Waals surface area contributed by atoms with Crippen molar-refractivity contribution in [2.24, 2.45) is 0 Å². The number of hydrogen-bond acceptors (Lipinski definition) is 5. The van der Waals surface area contributed by atoms with Crippen LogP contribution in [0.3, 0.4) is 0 Å². The van der Waals surface area contributed by atoms with Crippen molar-refractivity contribution in [1.29, 1.82) is 0 Å². The SMILES string of the molecule is COc1ncncc1C(=O)OCc1ccccc1. The van der Waals surface area contributed by atoms with Crippen LogP contribution < -0.4 is 4.74 Å². The third-order valence-corrected chi connectivity index (χ3v) is 2.30. The quantitative estimate of drug-likeness (QED) is 0.768. The molecular formula is C13H12N2O3. The van der Waals surface area contributed by atoms with Crippen molar-refractivity contribution in [3.63, 3.8) is 0 Å². The molecule has 0 bridgehead atoms. The van der Waals surface area contributed by atoms with Crippen molar-refractivity contribution >= 4 is 5.97 Å². The average Bonchev–Trinajstić information content (AvgIpc) is 2.45. The second kappa shape index (κ2) is 5.77. The van der Waals surface area contributed by atoms with E-state index in [-0.39, 0.29) is 18.1 Å². The Bertz CT molecular complexity index is 529. The van der Waals surface area contributed by atoms with Gasteiger partial charge in [0.05, 0.1) is 7.11 Å². The van der Waals surface area contributed by atoms with Gasteiger partial charge >= 0.3 is 5.97 Å². The van der Waals surface area contributed by atoms with Crippen LogP contribution in [0.2, 0.25) is 0 Å². The molecule has 18 heavy (non-hydrogen) atoms. The van der Waals surface area contributed by atoms with E-state index in [1.165, 1.54) is 19.6 Å². The van der Waals surface area contributed by atoms with E-state index in [2.05, 4.69) is 9.97 Å². The molecule has 0 aliphatic heterocycles. The number of esters is 1. The number of hydrogen-bond donors (Lipinski definition) is 0. The molecule has 0 saturated carbocycles. The molecule has 0 unspecified atom stereocenters. The van der Waals surface area contributed by atoms with Crippen molar-refractivity contribution in [1.82, 2.24) is 9.97 Å². The van der Waals surface area contributed by atoms with E-state index in [9.17, 15) is 4.79 Å². The first kappa shape index (κ1) is 12.0. The molecule has 92 valence electrons. The van der Waals surface area contributed by atoms with E-state index in [1.54, 1.807) is 0 Å². The maximum Gasteiger partial charge on any atom is 0.345 e. The first-order chi connectivity index (χ1) is 8.81. The summed E-state index contributed by atoms with van der Waals surface area (Å²) in [5, 5.41) is 0. The predicted molar refractivity (Wildman–Crippen MR) is 64.1 cm³/mol. The number of methoxy groups -OCH3 is 1. The lowest BCUT2D eigenvalue weighted by molar-refractivity contribution is 0.0467. The van der Waals surface area contributed by atoms with Crippen molar-refractivity contribution < 1.29 is 14.3 Å². The summed E-state index contributed by atoms with van der Waals surface area (Å²) in [5.41, 5.74) is 1.14. The van der Waals surface area contributed by atoms with Crippen LogP contribution in [0.25, 0.3) is 0 Å². The van der Waals surface area contributed by atoms with Crippen molar-refractivity contribution in [2.75, 3.05) is 7.11 Å². The van der Waals surface area contributed by atoms with Crippen LogP contribution >= 0.6 is 0 Å². The molecule has 2 rings (SSSR count). The summed E-state index contributed by atoms with van der Waals surface area (Å²) < 4.78 is 10.1. The summed E-state index contributed by atoms with van der Waals surface area (Å²) in [7, 11) is 1.44. The molecule has 0 spiro atoms. The van der Waals surface area contributed by atoms with Gasteiger partial charge < -0.3 is 9.47 Å². The van der Waals surface area contributed by atoms with E-state index < -0.39 is 5.97 Å². The van der Waals surface area contributed by atoms with Gasteiger partial charge in [-0.3, -0.25) is 0 Å². The van der Waals surface area contributed by atoms with Gasteiger partial charge in [-0.05, 0) is 5.56 Å². The molecule has 0 saturated heterocycles. The normalized spacial score (nSPS) is 9.83. The summed E-state index contributed by atoms with van der Waals surface area (Å²) in [6.07, 6.45) is 2.69. The van der Waals surface area contributed by atoms with Gasteiger partial charge in [0.25, 0.3) is 0 Å². The smallest absolute Gasteiger partial charge is 0.345 e. The van der Waals surface area contributed by atoms with E-state index >= 15 is 0 Å². The highest BCUT2D eigenvalue weighted by Gasteiger charge is 2.14. The number of carbonyl (C=O) groups excluding carboxylic acids is 1. The number of benzene rings is 1. The molecule has 0 radical (unpaired) electrons. The number of ether oxygens (including phenoxy) is 2. The molecule has 0 fully saturated rings. The van der Waals surface area contributed by atoms with E-state index in [0.29, 0.717) is 0 Å². The second-order valence-corrected chi connectivity index (χ2v) is 3.51. The van der Waals surface area contributed by atoms with Gasteiger partial charge in [-0.25, -0.2) is 14.8 Å². The molecule has 1 heterocycles. The molecule has 5 heteroatoms. The van der Waals surface area contributed by atoms with Gasteiger partial charge in [0.15, 0.2) is 0 Å². The molecule has 0 aliphatic carbocycles. The van der Waals surface area contributed by atoms with Gasteiger partial charge in [-0.2, -0.15) is 0 Å². The highest BCUT2D eigenvalue weighted by Crippen LogP contribution is 2.14. The molecule has 5 nitrogen and oxygen atoms in total. The van der Waals surface area contributed by atoms with Crippen molar-refractivity contribution in [3.8, 4) is 5.88 Å². The third kappa shape index (κ3) is 2.82. The lowest BCUT2D eigenvalue weighted by Gasteiger charge is -2.07. The van der Waals surface area contributed by atoms with Gasteiger partial charge in [0.1, 0.15) is 18.5 Å². The molecule has 0 amide bonds. The molecular weight excluding hydrogens is 232 g/mol. The summed E-state index contributed by atoms with van der Waals surface area (Å²) in [6.45, 7) is 0.206. The Morgan fingerprint density at radius 2 is 2.06 bits per heavy atom. The van der Waals surface area contributed by atoms with Crippen LogP contribution in [0.5, 0.6) is 5.88 Å². The highest BCUT2D eigenvalue weighted by atomic mass is 16.5. The topological polar surface area (TPSA) is 61.3 Å². The first-order valence-corrected chi connectivity index (χ1v) is 5.36. The Kier molecular flexibility index (Phi) is 3.86. The van der Waals surface area contributed by atoms with Crippen LogP contribution in [0, 0.1) is 0 Å². The molecule has 0 atom stereocenters. The number of rotatable bonds is 4. The van der Waals surface area contributed by atoms with Gasteiger partial charge in [0.2, 0.25) is 5.88 Å². The zero-order valence-electron chi connectivity index (χ0n) is 9.87. The third-order valence-electron chi connectivity index (χ3n) is 2.30. The van der Waals surface area contributed by atoms with E-state index in [1.807, 2.05) is 30.3 Å². The average molecular weight is 244 g/mol. The predicted octanol–water partition coefficient (Wildman–Crippen LogP) is 1.84. The van der Waals surface area contributed by atoms with E-state index in [4.69, 9.17) is 9.47 Å². The Labute approximate surface area is 104 Å². The van der Waals surface area contributed by atoms with Crippen LogP contribution in [0.4, 0.5) is 0 Å². The standard InChI is InChI=1S/C13H12N2O3/c1-17-12-11(7-14-9-15-12)13(16)18-8-10-5-3-2-4-6-10/h2-7,9H,8H2,1H3. The molecule has 0 N–H and O–H groups in total. The van der Waals surface area contributed by atoms with Gasteiger partial charge in [-0.15, -0.1) is 0 Å². The van der Waals surface area contributed by atoms with E-state index in [0.717, 1.165) is 5.56 Å². The zero-order valence-corrected chi connectivity index (χ0v) is 9.87. The summed E-state index contributed by atoms with van der Waals surface area (Å²) >= 11 is 0. The number of aromatic nitrogens is 2. The van der Waals surface area contributed by atoms with Crippen LogP contribution in [0.1, 0.15) is 15.9 Å². The summed E-state index contributed by atoms with van der Waals surface area (Å²) in [4.78, 5) is 19.4. The van der Waals surface area contributed by atoms with Crippen LogP contribution in [0.15, 0.2) is 42.9 Å². The van der Waals surface area contributed by atoms with Crippen LogP contribution in [-0.2, 0) is 11.3 Å². The Morgan fingerprint density at radius 3 is 2.78 bits per heavy atom. The number of carbonyl (C=O) groups is 1.